The van der Waals surface area contributed by atoms with Crippen molar-refractivity contribution in [2.45, 2.75) is 33.9 Å². The van der Waals surface area contributed by atoms with Crippen molar-refractivity contribution in [2.75, 3.05) is 0 Å². The van der Waals surface area contributed by atoms with E-state index in [2.05, 4.69) is 46.7 Å². The van der Waals surface area contributed by atoms with E-state index in [1.54, 1.807) is 11.3 Å². The normalized spacial score (nSPS) is 11.3. The van der Waals surface area contributed by atoms with E-state index in [9.17, 15) is 0 Å². The maximum atomic E-state index is 4.61. The zero-order valence-corrected chi connectivity index (χ0v) is 12.8. The Morgan fingerprint density at radius 1 is 1.25 bits per heavy atom. The van der Waals surface area contributed by atoms with Gasteiger partial charge in [-0.2, -0.15) is 0 Å². The predicted octanol–water partition coefficient (Wildman–Crippen LogP) is 3.01. The van der Waals surface area contributed by atoms with Gasteiger partial charge in [0.1, 0.15) is 0 Å². The van der Waals surface area contributed by atoms with Crippen LogP contribution in [0.5, 0.6) is 0 Å². The number of pyridine rings is 1. The van der Waals surface area contributed by atoms with Crippen LogP contribution in [0, 0.1) is 20.8 Å². The number of thiazole rings is 1. The van der Waals surface area contributed by atoms with Gasteiger partial charge in [-0.25, -0.2) is 4.98 Å². The molecule has 0 bridgehead atoms. The Labute approximate surface area is 122 Å². The van der Waals surface area contributed by atoms with Gasteiger partial charge in [-0.15, -0.1) is 11.3 Å². The van der Waals surface area contributed by atoms with E-state index in [-0.39, 0.29) is 0 Å². The largest absolute Gasteiger partial charge is 0.307 e. The van der Waals surface area contributed by atoms with E-state index < -0.39 is 0 Å². The molecule has 0 radical (unpaired) electrons. The monoisotopic (exact) mass is 286 g/mol. The van der Waals surface area contributed by atoms with Crippen LogP contribution in [0.1, 0.15) is 27.4 Å². The van der Waals surface area contributed by atoms with Crippen LogP contribution in [0.25, 0.3) is 4.96 Å². The quantitative estimate of drug-likeness (QED) is 0.801. The molecule has 0 saturated heterocycles. The molecular formula is C15H18N4S. The highest BCUT2D eigenvalue weighted by Crippen LogP contribution is 2.20. The van der Waals surface area contributed by atoms with Gasteiger partial charge in [-0.3, -0.25) is 9.38 Å². The first-order chi connectivity index (χ1) is 9.65. The van der Waals surface area contributed by atoms with Gasteiger partial charge in [0, 0.05) is 36.6 Å². The van der Waals surface area contributed by atoms with Crippen LogP contribution in [-0.2, 0) is 13.1 Å². The van der Waals surface area contributed by atoms with Gasteiger partial charge in [0.05, 0.1) is 11.4 Å². The summed E-state index contributed by atoms with van der Waals surface area (Å²) in [6, 6.07) is 2.04. The van der Waals surface area contributed by atoms with Crippen molar-refractivity contribution in [1.82, 2.24) is 19.7 Å². The average molecular weight is 286 g/mol. The number of hydrogen-bond acceptors (Lipinski definition) is 4. The third-order valence-electron chi connectivity index (χ3n) is 3.50. The van der Waals surface area contributed by atoms with E-state index in [1.807, 2.05) is 18.5 Å². The fourth-order valence-electron chi connectivity index (χ4n) is 2.32. The fourth-order valence-corrected chi connectivity index (χ4v) is 3.21. The lowest BCUT2D eigenvalue weighted by atomic mass is 10.1. The molecular weight excluding hydrogens is 268 g/mol. The lowest BCUT2D eigenvalue weighted by Crippen LogP contribution is -2.15. The maximum absolute atomic E-state index is 4.61. The van der Waals surface area contributed by atoms with Crippen LogP contribution in [0.3, 0.4) is 0 Å². The molecule has 0 aliphatic rings. The molecule has 0 unspecified atom stereocenters. The number of nitrogens with one attached hydrogen (secondary N) is 1. The molecule has 20 heavy (non-hydrogen) atoms. The smallest absolute Gasteiger partial charge is 0.194 e. The minimum Gasteiger partial charge on any atom is -0.307 e. The van der Waals surface area contributed by atoms with Crippen LogP contribution >= 0.6 is 11.3 Å². The number of aryl methyl sites for hydroxylation is 3. The van der Waals surface area contributed by atoms with E-state index in [4.69, 9.17) is 0 Å². The van der Waals surface area contributed by atoms with Crippen LogP contribution in [0.2, 0.25) is 0 Å². The lowest BCUT2D eigenvalue weighted by Gasteiger charge is -2.07. The minimum atomic E-state index is 0.817. The first kappa shape index (κ1) is 13.3. The SMILES string of the molecule is Cc1cn2c(CNCc3cnccc3C)c(C)nc2s1. The zero-order valence-electron chi connectivity index (χ0n) is 12.0. The molecule has 104 valence electrons. The van der Waals surface area contributed by atoms with Gasteiger partial charge in [0.25, 0.3) is 0 Å². The molecule has 3 rings (SSSR count). The first-order valence-corrected chi connectivity index (χ1v) is 7.51. The van der Waals surface area contributed by atoms with Crippen molar-refractivity contribution in [3.63, 3.8) is 0 Å². The minimum absolute atomic E-state index is 0.817. The molecule has 0 fully saturated rings. The van der Waals surface area contributed by atoms with Crippen LogP contribution in [0.4, 0.5) is 0 Å². The number of hydrogen-bond donors (Lipinski definition) is 1. The van der Waals surface area contributed by atoms with Gasteiger partial charge in [-0.05, 0) is 38.0 Å². The molecule has 0 atom stereocenters. The van der Waals surface area contributed by atoms with E-state index in [0.29, 0.717) is 0 Å². The molecule has 0 aliphatic heterocycles. The lowest BCUT2D eigenvalue weighted by molar-refractivity contribution is 0.668. The van der Waals surface area contributed by atoms with E-state index in [1.165, 1.54) is 21.7 Å². The molecule has 0 saturated carbocycles. The second-order valence-corrected chi connectivity index (χ2v) is 6.26. The average Bonchev–Trinajstić information content (AvgIpc) is 2.89. The maximum Gasteiger partial charge on any atom is 0.194 e. The molecule has 3 aromatic rings. The molecule has 3 heterocycles. The van der Waals surface area contributed by atoms with Crippen LogP contribution in [0.15, 0.2) is 24.7 Å². The molecule has 0 amide bonds. The summed E-state index contributed by atoms with van der Waals surface area (Å²) in [5.74, 6) is 0. The summed E-state index contributed by atoms with van der Waals surface area (Å²) in [4.78, 5) is 11.1. The molecule has 5 heteroatoms. The van der Waals surface area contributed by atoms with Gasteiger partial charge >= 0.3 is 0 Å². The summed E-state index contributed by atoms with van der Waals surface area (Å²) in [7, 11) is 0. The molecule has 1 N–H and O–H groups in total. The molecule has 0 spiro atoms. The van der Waals surface area contributed by atoms with Crippen molar-refractivity contribution in [3.05, 3.63) is 52.0 Å². The molecule has 4 nitrogen and oxygen atoms in total. The standard InChI is InChI=1S/C15H18N4S/c1-10-4-5-16-6-13(10)7-17-8-14-12(3)18-15-19(14)9-11(2)20-15/h4-6,9,17H,7-8H2,1-3H3. The Balaban J connectivity index is 1.74. The summed E-state index contributed by atoms with van der Waals surface area (Å²) >= 11 is 1.73. The third kappa shape index (κ3) is 2.46. The summed E-state index contributed by atoms with van der Waals surface area (Å²) in [6.45, 7) is 7.95. The molecule has 0 aromatic carbocycles. The Hall–Kier alpha value is -1.72. The van der Waals surface area contributed by atoms with Crippen molar-refractivity contribution < 1.29 is 0 Å². The number of imidazole rings is 1. The Morgan fingerprint density at radius 3 is 2.90 bits per heavy atom. The highest BCUT2D eigenvalue weighted by atomic mass is 32.1. The van der Waals surface area contributed by atoms with Crippen molar-refractivity contribution >= 4 is 16.3 Å². The number of fused-ring (bicyclic) bond motifs is 1. The summed E-state index contributed by atoms with van der Waals surface area (Å²) in [5.41, 5.74) is 4.86. The first-order valence-electron chi connectivity index (χ1n) is 6.69. The highest BCUT2D eigenvalue weighted by Gasteiger charge is 2.10. The highest BCUT2D eigenvalue weighted by molar-refractivity contribution is 7.17. The van der Waals surface area contributed by atoms with Crippen molar-refractivity contribution in [2.24, 2.45) is 0 Å². The number of aromatic nitrogens is 3. The van der Waals surface area contributed by atoms with Gasteiger partial charge in [0.2, 0.25) is 0 Å². The topological polar surface area (TPSA) is 42.2 Å². The summed E-state index contributed by atoms with van der Waals surface area (Å²) < 4.78 is 2.19. The molecule has 3 aromatic heterocycles. The Morgan fingerprint density at radius 2 is 2.10 bits per heavy atom. The second-order valence-electron chi connectivity index (χ2n) is 5.04. The van der Waals surface area contributed by atoms with Crippen molar-refractivity contribution in [1.29, 1.82) is 0 Å². The van der Waals surface area contributed by atoms with Gasteiger partial charge in [0.15, 0.2) is 4.96 Å². The molecule has 0 aliphatic carbocycles. The second kappa shape index (κ2) is 5.34. The third-order valence-corrected chi connectivity index (χ3v) is 4.39. The van der Waals surface area contributed by atoms with Crippen LogP contribution in [-0.4, -0.2) is 14.4 Å². The van der Waals surface area contributed by atoms with Gasteiger partial charge < -0.3 is 5.32 Å². The fraction of sp³-hybridized carbons (Fsp3) is 0.333. The summed E-state index contributed by atoms with van der Waals surface area (Å²) in [5, 5.41) is 3.49. The van der Waals surface area contributed by atoms with E-state index in [0.717, 1.165) is 23.7 Å². The van der Waals surface area contributed by atoms with E-state index >= 15 is 0 Å². The Kier molecular flexibility index (Phi) is 3.54. The van der Waals surface area contributed by atoms with Crippen LogP contribution < -0.4 is 5.32 Å². The zero-order chi connectivity index (χ0) is 14.1. The number of rotatable bonds is 4. The number of nitrogens with zero attached hydrogens (tertiary/aromatic N) is 3. The Bertz CT molecular complexity index is 741. The predicted molar refractivity (Wildman–Crippen MR) is 82.1 cm³/mol. The van der Waals surface area contributed by atoms with Crippen molar-refractivity contribution in [3.8, 4) is 0 Å². The van der Waals surface area contributed by atoms with Gasteiger partial charge in [-0.1, -0.05) is 0 Å². The summed E-state index contributed by atoms with van der Waals surface area (Å²) in [6.07, 6.45) is 5.92.